The van der Waals surface area contributed by atoms with Gasteiger partial charge >= 0.3 is 6.18 Å². The van der Waals surface area contributed by atoms with Crippen LogP contribution in [0.5, 0.6) is 0 Å². The van der Waals surface area contributed by atoms with Crippen LogP contribution < -0.4 is 5.32 Å². The number of hydrogen-bond acceptors (Lipinski definition) is 2. The summed E-state index contributed by atoms with van der Waals surface area (Å²) in [5.41, 5.74) is -0.568. The molecule has 110 valence electrons. The minimum Gasteiger partial charge on any atom is -0.381 e. The fraction of sp³-hybridized carbons (Fsp3) is 0.600. The molecule has 0 radical (unpaired) electrons. The highest BCUT2D eigenvalue weighted by molar-refractivity contribution is 5.54. The van der Waals surface area contributed by atoms with Crippen LogP contribution in [0.2, 0.25) is 0 Å². The van der Waals surface area contributed by atoms with E-state index in [1.807, 2.05) is 13.8 Å². The Morgan fingerprint density at radius 2 is 1.95 bits per heavy atom. The lowest BCUT2D eigenvalue weighted by molar-refractivity contribution is -0.137. The number of ether oxygens (including phenoxy) is 1. The van der Waals surface area contributed by atoms with Crippen LogP contribution in [0.1, 0.15) is 25.8 Å². The molecular weight excluding hydrogens is 267 g/mol. The lowest BCUT2D eigenvalue weighted by atomic mass is 9.57. The van der Waals surface area contributed by atoms with Gasteiger partial charge in [-0.05, 0) is 18.6 Å². The fourth-order valence-electron chi connectivity index (χ4n) is 3.64. The Hall–Kier alpha value is -1.23. The van der Waals surface area contributed by atoms with Crippen molar-refractivity contribution in [1.29, 1.82) is 0 Å². The van der Waals surface area contributed by atoms with Gasteiger partial charge in [-0.2, -0.15) is 13.2 Å². The maximum Gasteiger partial charge on any atom is 0.418 e. The summed E-state index contributed by atoms with van der Waals surface area (Å²) >= 11 is 0. The first-order valence-corrected chi connectivity index (χ1v) is 6.86. The van der Waals surface area contributed by atoms with Crippen LogP contribution >= 0.6 is 0 Å². The average molecular weight is 285 g/mol. The van der Waals surface area contributed by atoms with Crippen molar-refractivity contribution in [2.24, 2.45) is 11.3 Å². The van der Waals surface area contributed by atoms with Gasteiger partial charge in [0.15, 0.2) is 0 Å². The van der Waals surface area contributed by atoms with Gasteiger partial charge < -0.3 is 10.1 Å². The molecule has 0 aromatic heterocycles. The predicted molar refractivity (Wildman–Crippen MR) is 70.5 cm³/mol. The highest BCUT2D eigenvalue weighted by Gasteiger charge is 2.59. The van der Waals surface area contributed by atoms with E-state index in [2.05, 4.69) is 5.32 Å². The highest BCUT2D eigenvalue weighted by atomic mass is 19.4. The van der Waals surface area contributed by atoms with Gasteiger partial charge in [-0.15, -0.1) is 0 Å². The number of rotatable bonds is 2. The molecule has 0 bridgehead atoms. The van der Waals surface area contributed by atoms with E-state index in [1.165, 1.54) is 12.1 Å². The van der Waals surface area contributed by atoms with E-state index in [1.54, 1.807) is 6.07 Å². The Morgan fingerprint density at radius 1 is 1.25 bits per heavy atom. The summed E-state index contributed by atoms with van der Waals surface area (Å²) in [7, 11) is 0. The second-order valence-corrected chi connectivity index (χ2v) is 6.23. The topological polar surface area (TPSA) is 21.3 Å². The molecule has 0 spiro atoms. The van der Waals surface area contributed by atoms with Crippen molar-refractivity contribution in [3.8, 4) is 0 Å². The molecule has 1 aromatic carbocycles. The molecule has 20 heavy (non-hydrogen) atoms. The van der Waals surface area contributed by atoms with Crippen molar-refractivity contribution in [1.82, 2.24) is 0 Å². The second kappa shape index (κ2) is 4.38. The third-order valence-electron chi connectivity index (χ3n) is 4.64. The molecule has 1 aromatic rings. The van der Waals surface area contributed by atoms with Crippen LogP contribution in [0.3, 0.4) is 0 Å². The molecule has 1 heterocycles. The minimum absolute atomic E-state index is 0.0264. The van der Waals surface area contributed by atoms with Crippen molar-refractivity contribution >= 4 is 5.69 Å². The summed E-state index contributed by atoms with van der Waals surface area (Å²) in [6.07, 6.45) is -3.25. The van der Waals surface area contributed by atoms with Gasteiger partial charge in [0.1, 0.15) is 0 Å². The first kappa shape index (κ1) is 13.7. The minimum atomic E-state index is -4.33. The molecule has 2 fully saturated rings. The van der Waals surface area contributed by atoms with E-state index < -0.39 is 11.7 Å². The number of hydrogen-bond donors (Lipinski definition) is 1. The predicted octanol–water partition coefficient (Wildman–Crippen LogP) is 3.93. The maximum absolute atomic E-state index is 13.0. The smallest absolute Gasteiger partial charge is 0.381 e. The first-order valence-electron chi connectivity index (χ1n) is 6.86. The van der Waals surface area contributed by atoms with Gasteiger partial charge in [-0.1, -0.05) is 26.0 Å². The van der Waals surface area contributed by atoms with Gasteiger partial charge in [0.2, 0.25) is 0 Å². The summed E-state index contributed by atoms with van der Waals surface area (Å²) in [6.45, 7) is 4.80. The Balaban J connectivity index is 1.86. The van der Waals surface area contributed by atoms with Crippen molar-refractivity contribution in [3.05, 3.63) is 29.8 Å². The van der Waals surface area contributed by atoms with E-state index in [0.717, 1.165) is 12.5 Å². The van der Waals surface area contributed by atoms with Crippen LogP contribution in [0, 0.1) is 11.3 Å². The van der Waals surface area contributed by atoms with Crippen molar-refractivity contribution in [2.75, 3.05) is 11.9 Å². The molecule has 1 aliphatic heterocycles. The lowest BCUT2D eigenvalue weighted by Crippen LogP contribution is -2.63. The molecule has 1 aliphatic carbocycles. The molecular formula is C15H18F3NO. The molecule has 1 saturated heterocycles. The van der Waals surface area contributed by atoms with Crippen LogP contribution in [-0.2, 0) is 10.9 Å². The first-order chi connectivity index (χ1) is 9.32. The van der Waals surface area contributed by atoms with E-state index in [0.29, 0.717) is 12.5 Å². The van der Waals surface area contributed by atoms with Crippen LogP contribution in [0.15, 0.2) is 24.3 Å². The highest BCUT2D eigenvalue weighted by Crippen LogP contribution is 2.53. The standard InChI is InChI=1S/C15H18F3NO/c1-14(2)12(9-7-8-20-13(9)14)19-11-6-4-3-5-10(11)15(16,17)18/h3-6,9,12-13,19H,7-8H2,1-2H3. The zero-order chi connectivity index (χ0) is 14.5. The van der Waals surface area contributed by atoms with Crippen LogP contribution in [0.25, 0.3) is 0 Å². The van der Waals surface area contributed by atoms with Crippen molar-refractivity contribution in [3.63, 3.8) is 0 Å². The van der Waals surface area contributed by atoms with Gasteiger partial charge in [0.05, 0.1) is 11.7 Å². The Labute approximate surface area is 116 Å². The largest absolute Gasteiger partial charge is 0.418 e. The zero-order valence-electron chi connectivity index (χ0n) is 11.5. The molecule has 2 nitrogen and oxygen atoms in total. The average Bonchev–Trinajstić information content (AvgIpc) is 2.82. The Morgan fingerprint density at radius 3 is 2.65 bits per heavy atom. The third kappa shape index (κ3) is 1.99. The molecule has 2 aliphatic rings. The van der Waals surface area contributed by atoms with Crippen molar-refractivity contribution < 1.29 is 17.9 Å². The van der Waals surface area contributed by atoms with E-state index >= 15 is 0 Å². The SMILES string of the molecule is CC1(C)C(Nc2ccccc2C(F)(F)F)C2CCOC21. The maximum atomic E-state index is 13.0. The third-order valence-corrected chi connectivity index (χ3v) is 4.64. The lowest BCUT2D eigenvalue weighted by Gasteiger charge is -2.55. The summed E-state index contributed by atoms with van der Waals surface area (Å²) in [4.78, 5) is 0. The summed E-state index contributed by atoms with van der Waals surface area (Å²) < 4.78 is 44.7. The van der Waals surface area contributed by atoms with E-state index in [4.69, 9.17) is 4.74 Å². The molecule has 0 amide bonds. The summed E-state index contributed by atoms with van der Waals surface area (Å²) in [5.74, 6) is 0.311. The van der Waals surface area contributed by atoms with Crippen LogP contribution in [-0.4, -0.2) is 18.8 Å². The molecule has 3 rings (SSSR count). The number of para-hydroxylation sites is 1. The molecule has 5 heteroatoms. The number of fused-ring (bicyclic) bond motifs is 1. The number of benzene rings is 1. The van der Waals surface area contributed by atoms with E-state index in [-0.39, 0.29) is 23.2 Å². The van der Waals surface area contributed by atoms with Gasteiger partial charge in [0, 0.05) is 29.7 Å². The molecule has 1 saturated carbocycles. The zero-order valence-corrected chi connectivity index (χ0v) is 11.5. The van der Waals surface area contributed by atoms with E-state index in [9.17, 15) is 13.2 Å². The van der Waals surface area contributed by atoms with Gasteiger partial charge in [-0.3, -0.25) is 0 Å². The Kier molecular flexibility index (Phi) is 3.01. The quantitative estimate of drug-likeness (QED) is 0.889. The Bertz CT molecular complexity index is 512. The molecule has 3 unspecified atom stereocenters. The number of alkyl halides is 3. The van der Waals surface area contributed by atoms with Crippen LogP contribution in [0.4, 0.5) is 18.9 Å². The number of anilines is 1. The van der Waals surface area contributed by atoms with Gasteiger partial charge in [-0.25, -0.2) is 0 Å². The fourth-order valence-corrected chi connectivity index (χ4v) is 3.64. The molecule has 1 N–H and O–H groups in total. The van der Waals surface area contributed by atoms with Crippen molar-refractivity contribution in [2.45, 2.75) is 38.6 Å². The molecule has 3 atom stereocenters. The monoisotopic (exact) mass is 285 g/mol. The second-order valence-electron chi connectivity index (χ2n) is 6.23. The number of halogens is 3. The number of nitrogens with one attached hydrogen (secondary N) is 1. The summed E-state index contributed by atoms with van der Waals surface area (Å²) in [5, 5.41) is 3.12. The van der Waals surface area contributed by atoms with Gasteiger partial charge in [0.25, 0.3) is 0 Å². The summed E-state index contributed by atoms with van der Waals surface area (Å²) in [6, 6.07) is 5.70. The normalized spacial score (nSPS) is 31.6.